The van der Waals surface area contributed by atoms with Gasteiger partial charge in [-0.3, -0.25) is 0 Å². The van der Waals surface area contributed by atoms with Crippen molar-refractivity contribution in [2.24, 2.45) is 9.25 Å². The molecule has 1 aromatic rings. The maximum absolute atomic E-state index is 3.88. The highest BCUT2D eigenvalue weighted by atomic mass is 79.9. The summed E-state index contributed by atoms with van der Waals surface area (Å²) in [4.78, 5) is 3.88. The minimum atomic E-state index is 0.606. The Morgan fingerprint density at radius 1 is 1.44 bits per heavy atom. The third-order valence-electron chi connectivity index (χ3n) is 0.790. The van der Waals surface area contributed by atoms with Crippen molar-refractivity contribution in [1.82, 2.24) is 4.98 Å². The van der Waals surface area contributed by atoms with Gasteiger partial charge in [0, 0.05) is 6.20 Å². The molecule has 4 heteroatoms. The lowest BCUT2D eigenvalue weighted by atomic mass is 10.5. The van der Waals surface area contributed by atoms with Crippen LogP contribution in [0, 0.1) is 0 Å². The van der Waals surface area contributed by atoms with Crippen molar-refractivity contribution in [2.75, 3.05) is 0 Å². The molecule has 1 heterocycles. The molecule has 9 heavy (non-hydrogen) atoms. The number of hydrogen-bond acceptors (Lipinski definition) is 3. The van der Waals surface area contributed by atoms with Gasteiger partial charge < -0.3 is 0 Å². The monoisotopic (exact) mass is 185 g/mol. The topological polar surface area (TPSA) is 37.6 Å². The average Bonchev–Trinajstić information content (AvgIpc) is 1.91. The van der Waals surface area contributed by atoms with Crippen LogP contribution in [0.4, 0.5) is 5.82 Å². The maximum atomic E-state index is 3.88. The van der Waals surface area contributed by atoms with Crippen LogP contribution in [0.2, 0.25) is 0 Å². The quantitative estimate of drug-likeness (QED) is 0.620. The summed E-state index contributed by atoms with van der Waals surface area (Å²) in [6.07, 6.45) is 1.66. The van der Waals surface area contributed by atoms with Gasteiger partial charge in [-0.2, -0.15) is 0 Å². The van der Waals surface area contributed by atoms with Crippen LogP contribution in [-0.4, -0.2) is 4.98 Å². The van der Waals surface area contributed by atoms with E-state index in [0.29, 0.717) is 5.82 Å². The highest BCUT2D eigenvalue weighted by Gasteiger charge is 1.82. The molecule has 0 aliphatic carbocycles. The van der Waals surface area contributed by atoms with E-state index in [1.54, 1.807) is 12.3 Å². The zero-order chi connectivity index (χ0) is 6.53. The van der Waals surface area contributed by atoms with Crippen molar-refractivity contribution in [3.8, 4) is 0 Å². The SMILES string of the molecule is BrN=Nc1ccccn1. The summed E-state index contributed by atoms with van der Waals surface area (Å²) in [6, 6.07) is 5.45. The predicted molar refractivity (Wildman–Crippen MR) is 37.7 cm³/mol. The summed E-state index contributed by atoms with van der Waals surface area (Å²) in [6.45, 7) is 0. The van der Waals surface area contributed by atoms with E-state index in [2.05, 4.69) is 30.4 Å². The molecule has 0 saturated carbocycles. The minimum Gasteiger partial charge on any atom is -0.236 e. The first-order valence-electron chi connectivity index (χ1n) is 2.36. The van der Waals surface area contributed by atoms with E-state index < -0.39 is 0 Å². The normalized spacial score (nSPS) is 10.3. The molecule has 0 N–H and O–H groups in total. The number of halogens is 1. The van der Waals surface area contributed by atoms with Gasteiger partial charge in [-0.15, -0.1) is 9.25 Å². The van der Waals surface area contributed by atoms with E-state index in [9.17, 15) is 0 Å². The zero-order valence-corrected chi connectivity index (χ0v) is 6.12. The fourth-order valence-corrected chi connectivity index (χ4v) is 0.614. The van der Waals surface area contributed by atoms with Gasteiger partial charge in [0.15, 0.2) is 5.82 Å². The molecule has 0 aromatic carbocycles. The van der Waals surface area contributed by atoms with E-state index in [1.165, 1.54) is 0 Å². The molecular formula is C5H4BrN3. The number of rotatable bonds is 1. The minimum absolute atomic E-state index is 0.606. The lowest BCUT2D eigenvalue weighted by Gasteiger charge is -1.83. The van der Waals surface area contributed by atoms with Crippen LogP contribution in [-0.2, 0) is 0 Å². The predicted octanol–water partition coefficient (Wildman–Crippen LogP) is 2.48. The van der Waals surface area contributed by atoms with E-state index in [4.69, 9.17) is 0 Å². The standard InChI is InChI=1S/C5H4BrN3/c6-9-8-5-3-1-2-4-7-5/h1-4H. The van der Waals surface area contributed by atoms with E-state index >= 15 is 0 Å². The molecular weight excluding hydrogens is 182 g/mol. The first kappa shape index (κ1) is 6.35. The van der Waals surface area contributed by atoms with Gasteiger partial charge in [0.1, 0.15) is 16.1 Å². The van der Waals surface area contributed by atoms with Crippen molar-refractivity contribution >= 4 is 22.0 Å². The molecule has 0 aliphatic heterocycles. The fraction of sp³-hybridized carbons (Fsp3) is 0. The summed E-state index contributed by atoms with van der Waals surface area (Å²) in [7, 11) is 0. The van der Waals surface area contributed by atoms with Crippen LogP contribution in [0.5, 0.6) is 0 Å². The summed E-state index contributed by atoms with van der Waals surface area (Å²) >= 11 is 2.80. The van der Waals surface area contributed by atoms with Crippen molar-refractivity contribution in [3.63, 3.8) is 0 Å². The Labute approximate surface area is 61.2 Å². The third kappa shape index (κ3) is 1.89. The van der Waals surface area contributed by atoms with E-state index in [1.807, 2.05) is 12.1 Å². The molecule has 0 saturated heterocycles. The lowest BCUT2D eigenvalue weighted by Crippen LogP contribution is -1.66. The summed E-state index contributed by atoms with van der Waals surface area (Å²) in [5.74, 6) is 0.606. The Kier molecular flexibility index (Phi) is 2.32. The maximum Gasteiger partial charge on any atom is 0.174 e. The van der Waals surface area contributed by atoms with Gasteiger partial charge in [-0.25, -0.2) is 4.98 Å². The highest BCUT2D eigenvalue weighted by Crippen LogP contribution is 2.06. The molecule has 0 spiro atoms. The summed E-state index contributed by atoms with van der Waals surface area (Å²) in [5.41, 5.74) is 0. The molecule has 0 radical (unpaired) electrons. The first-order valence-corrected chi connectivity index (χ1v) is 3.07. The molecule has 0 amide bonds. The second kappa shape index (κ2) is 3.29. The van der Waals surface area contributed by atoms with Crippen LogP contribution in [0.3, 0.4) is 0 Å². The molecule has 0 bridgehead atoms. The number of nitrogens with zero attached hydrogens (tertiary/aromatic N) is 3. The Bertz CT molecular complexity index is 197. The van der Waals surface area contributed by atoms with E-state index in [-0.39, 0.29) is 0 Å². The van der Waals surface area contributed by atoms with E-state index in [0.717, 1.165) is 0 Å². The number of aromatic nitrogens is 1. The Morgan fingerprint density at radius 2 is 2.33 bits per heavy atom. The van der Waals surface area contributed by atoms with Gasteiger partial charge in [-0.1, -0.05) is 6.07 Å². The smallest absolute Gasteiger partial charge is 0.174 e. The second-order valence-electron chi connectivity index (χ2n) is 1.36. The molecule has 1 rings (SSSR count). The number of hydrogen-bond donors (Lipinski definition) is 0. The average molecular weight is 186 g/mol. The van der Waals surface area contributed by atoms with Gasteiger partial charge in [0.2, 0.25) is 0 Å². The third-order valence-corrected chi connectivity index (χ3v) is 0.948. The van der Waals surface area contributed by atoms with Crippen LogP contribution in [0.25, 0.3) is 0 Å². The summed E-state index contributed by atoms with van der Waals surface area (Å²) < 4.78 is 3.38. The second-order valence-corrected chi connectivity index (χ2v) is 1.68. The van der Waals surface area contributed by atoms with Gasteiger partial charge in [0.05, 0.1) is 0 Å². The van der Waals surface area contributed by atoms with Crippen LogP contribution < -0.4 is 0 Å². The van der Waals surface area contributed by atoms with Crippen molar-refractivity contribution in [2.45, 2.75) is 0 Å². The van der Waals surface area contributed by atoms with Crippen LogP contribution in [0.15, 0.2) is 33.7 Å². The molecule has 0 unspecified atom stereocenters. The largest absolute Gasteiger partial charge is 0.236 e. The van der Waals surface area contributed by atoms with Crippen LogP contribution >= 0.6 is 16.1 Å². The van der Waals surface area contributed by atoms with Gasteiger partial charge >= 0.3 is 0 Å². The molecule has 3 nitrogen and oxygen atoms in total. The molecule has 0 atom stereocenters. The Hall–Kier alpha value is -0.770. The fourth-order valence-electron chi connectivity index (χ4n) is 0.452. The molecule has 0 fully saturated rings. The van der Waals surface area contributed by atoms with Crippen molar-refractivity contribution < 1.29 is 0 Å². The molecule has 46 valence electrons. The highest BCUT2D eigenvalue weighted by molar-refractivity contribution is 9.08. The van der Waals surface area contributed by atoms with Crippen molar-refractivity contribution in [3.05, 3.63) is 24.4 Å². The zero-order valence-electron chi connectivity index (χ0n) is 4.53. The summed E-state index contributed by atoms with van der Waals surface area (Å²) in [5, 5.41) is 3.64. The van der Waals surface area contributed by atoms with Crippen LogP contribution in [0.1, 0.15) is 0 Å². The Morgan fingerprint density at radius 3 is 2.89 bits per heavy atom. The lowest BCUT2D eigenvalue weighted by molar-refractivity contribution is 1.21. The number of pyridine rings is 1. The van der Waals surface area contributed by atoms with Gasteiger partial charge in [-0.05, 0) is 12.1 Å². The molecule has 1 aromatic heterocycles. The van der Waals surface area contributed by atoms with Gasteiger partial charge in [0.25, 0.3) is 0 Å². The Balaban J connectivity index is 2.85. The molecule has 0 aliphatic rings. The first-order chi connectivity index (χ1) is 4.43. The van der Waals surface area contributed by atoms with Crippen molar-refractivity contribution in [1.29, 1.82) is 0 Å².